The van der Waals surface area contributed by atoms with Gasteiger partial charge in [0.25, 0.3) is 0 Å². The van der Waals surface area contributed by atoms with Gasteiger partial charge in [-0.2, -0.15) is 4.37 Å². The van der Waals surface area contributed by atoms with Gasteiger partial charge < -0.3 is 11.1 Å². The molecule has 3 N–H and O–H groups in total. The number of nitrogens with one attached hydrogen (secondary N) is 1. The SMILES string of the molecule is CCCS(=O)(=O)c1c(N)nsc1NC1CCC(C)CC1C. The van der Waals surface area contributed by atoms with Gasteiger partial charge in [-0.1, -0.05) is 20.8 Å². The number of aromatic nitrogens is 1. The number of hydrogen-bond donors (Lipinski definition) is 2. The molecule has 3 atom stereocenters. The molecule has 2 rings (SSSR count). The summed E-state index contributed by atoms with van der Waals surface area (Å²) in [5.41, 5.74) is 5.80. The van der Waals surface area contributed by atoms with Gasteiger partial charge in [-0.05, 0) is 49.1 Å². The van der Waals surface area contributed by atoms with E-state index < -0.39 is 9.84 Å². The van der Waals surface area contributed by atoms with Crippen LogP contribution >= 0.6 is 11.5 Å². The Labute approximate surface area is 131 Å². The van der Waals surface area contributed by atoms with Gasteiger partial charge in [0.05, 0.1) is 5.75 Å². The molecule has 1 aromatic rings. The number of sulfone groups is 1. The van der Waals surface area contributed by atoms with Gasteiger partial charge in [-0.15, -0.1) is 0 Å². The first-order chi connectivity index (χ1) is 9.85. The number of hydrogen-bond acceptors (Lipinski definition) is 6. The van der Waals surface area contributed by atoms with Crippen molar-refractivity contribution in [2.24, 2.45) is 11.8 Å². The van der Waals surface area contributed by atoms with Gasteiger partial charge in [0.1, 0.15) is 9.90 Å². The van der Waals surface area contributed by atoms with Gasteiger partial charge in [-0.25, -0.2) is 8.42 Å². The minimum atomic E-state index is -3.35. The molecule has 0 saturated heterocycles. The Morgan fingerprint density at radius 2 is 2.10 bits per heavy atom. The molecule has 0 spiro atoms. The van der Waals surface area contributed by atoms with E-state index in [1.165, 1.54) is 12.8 Å². The molecule has 120 valence electrons. The van der Waals surface area contributed by atoms with Gasteiger partial charge in [0, 0.05) is 6.04 Å². The van der Waals surface area contributed by atoms with Crippen LogP contribution in [0.1, 0.15) is 46.5 Å². The molecule has 5 nitrogen and oxygen atoms in total. The minimum Gasteiger partial charge on any atom is -0.382 e. The predicted molar refractivity (Wildman–Crippen MR) is 88.5 cm³/mol. The highest BCUT2D eigenvalue weighted by Gasteiger charge is 2.30. The quantitative estimate of drug-likeness (QED) is 0.865. The molecule has 3 unspecified atom stereocenters. The summed E-state index contributed by atoms with van der Waals surface area (Å²) in [6.07, 6.45) is 3.98. The molecule has 1 aliphatic carbocycles. The van der Waals surface area contributed by atoms with Crippen LogP contribution in [0, 0.1) is 11.8 Å². The fraction of sp³-hybridized carbons (Fsp3) is 0.786. The van der Waals surface area contributed by atoms with Crippen molar-refractivity contribution in [1.82, 2.24) is 4.37 Å². The van der Waals surface area contributed by atoms with Crippen molar-refractivity contribution in [3.05, 3.63) is 0 Å². The molecule has 1 saturated carbocycles. The summed E-state index contributed by atoms with van der Waals surface area (Å²) in [5, 5.41) is 4.02. The molecule has 0 radical (unpaired) electrons. The van der Waals surface area contributed by atoms with Crippen LogP contribution in [0.25, 0.3) is 0 Å². The third kappa shape index (κ3) is 3.69. The number of rotatable bonds is 5. The Balaban J connectivity index is 2.22. The van der Waals surface area contributed by atoms with E-state index in [1.54, 1.807) is 0 Å². The third-order valence-corrected chi connectivity index (χ3v) is 7.11. The first-order valence-electron chi connectivity index (χ1n) is 7.59. The standard InChI is InChI=1S/C14H25N3O2S2/c1-4-7-21(18,19)12-13(15)17-20-14(12)16-11-6-5-9(2)8-10(11)3/h9-11,16H,4-8H2,1-3H3,(H2,15,17). The molecular formula is C14H25N3O2S2. The van der Waals surface area contributed by atoms with E-state index in [0.29, 0.717) is 23.4 Å². The van der Waals surface area contributed by atoms with Crippen LogP contribution in [0.5, 0.6) is 0 Å². The maximum atomic E-state index is 12.4. The highest BCUT2D eigenvalue weighted by atomic mass is 32.2. The fourth-order valence-electron chi connectivity index (χ4n) is 3.11. The van der Waals surface area contributed by atoms with Crippen LogP contribution in [-0.2, 0) is 9.84 Å². The molecular weight excluding hydrogens is 306 g/mol. The molecule has 1 heterocycles. The molecule has 0 aliphatic heterocycles. The lowest BCUT2D eigenvalue weighted by Crippen LogP contribution is -2.33. The van der Waals surface area contributed by atoms with Gasteiger partial charge in [0.15, 0.2) is 15.7 Å². The maximum Gasteiger partial charge on any atom is 0.185 e. The number of nitrogen functional groups attached to an aromatic ring is 1. The summed E-state index contributed by atoms with van der Waals surface area (Å²) < 4.78 is 28.8. The average Bonchev–Trinajstić information content (AvgIpc) is 2.74. The zero-order valence-corrected chi connectivity index (χ0v) is 14.6. The van der Waals surface area contributed by atoms with Crippen LogP contribution in [0.2, 0.25) is 0 Å². The largest absolute Gasteiger partial charge is 0.382 e. The first-order valence-corrected chi connectivity index (χ1v) is 10.0. The first kappa shape index (κ1) is 16.5. The van der Waals surface area contributed by atoms with E-state index in [2.05, 4.69) is 23.5 Å². The smallest absolute Gasteiger partial charge is 0.185 e. The number of anilines is 2. The summed E-state index contributed by atoms with van der Waals surface area (Å²) in [6.45, 7) is 6.34. The minimum absolute atomic E-state index is 0.113. The van der Waals surface area contributed by atoms with Crippen molar-refractivity contribution in [3.63, 3.8) is 0 Å². The average molecular weight is 332 g/mol. The lowest BCUT2D eigenvalue weighted by atomic mass is 9.80. The summed E-state index contributed by atoms with van der Waals surface area (Å²) in [5.74, 6) is 1.51. The Hall–Kier alpha value is -0.820. The number of nitrogens with zero attached hydrogens (tertiary/aromatic N) is 1. The summed E-state index contributed by atoms with van der Waals surface area (Å²) in [6, 6.07) is 0.302. The molecule has 0 aromatic carbocycles. The Bertz CT molecular complexity index is 583. The molecule has 1 aromatic heterocycles. The van der Waals surface area contributed by atoms with Crippen LogP contribution in [0.3, 0.4) is 0 Å². The lowest BCUT2D eigenvalue weighted by molar-refractivity contribution is 0.276. The Kier molecular flexibility index (Phi) is 5.14. The second-order valence-electron chi connectivity index (χ2n) is 6.19. The van der Waals surface area contributed by atoms with Crippen LogP contribution < -0.4 is 11.1 Å². The van der Waals surface area contributed by atoms with Crippen LogP contribution in [-0.4, -0.2) is 24.6 Å². The van der Waals surface area contributed by atoms with Crippen molar-refractivity contribution < 1.29 is 8.42 Å². The summed E-state index contributed by atoms with van der Waals surface area (Å²) in [7, 11) is -3.35. The Morgan fingerprint density at radius 1 is 1.38 bits per heavy atom. The topological polar surface area (TPSA) is 85.1 Å². The third-order valence-electron chi connectivity index (χ3n) is 4.21. The van der Waals surface area contributed by atoms with Crippen molar-refractivity contribution >= 4 is 32.2 Å². The molecule has 7 heteroatoms. The zero-order valence-electron chi connectivity index (χ0n) is 12.9. The fourth-order valence-corrected chi connectivity index (χ4v) is 5.78. The van der Waals surface area contributed by atoms with Crippen LogP contribution in [0.4, 0.5) is 10.8 Å². The second kappa shape index (κ2) is 6.52. The van der Waals surface area contributed by atoms with Gasteiger partial charge >= 0.3 is 0 Å². The van der Waals surface area contributed by atoms with Gasteiger partial charge in [-0.3, -0.25) is 0 Å². The van der Waals surface area contributed by atoms with Crippen LogP contribution in [0.15, 0.2) is 4.90 Å². The van der Waals surface area contributed by atoms with Crippen molar-refractivity contribution in [3.8, 4) is 0 Å². The van der Waals surface area contributed by atoms with E-state index in [1.807, 2.05) is 6.92 Å². The molecule has 0 bridgehead atoms. The van der Waals surface area contributed by atoms with Crippen molar-refractivity contribution in [2.75, 3.05) is 16.8 Å². The van der Waals surface area contributed by atoms with E-state index in [0.717, 1.165) is 23.9 Å². The molecule has 21 heavy (non-hydrogen) atoms. The summed E-state index contributed by atoms with van der Waals surface area (Å²) >= 11 is 1.16. The Morgan fingerprint density at radius 3 is 2.71 bits per heavy atom. The van der Waals surface area contributed by atoms with E-state index in [4.69, 9.17) is 5.73 Å². The van der Waals surface area contributed by atoms with E-state index >= 15 is 0 Å². The molecule has 1 fully saturated rings. The predicted octanol–water partition coefficient (Wildman–Crippen LogP) is 3.15. The van der Waals surface area contributed by atoms with E-state index in [9.17, 15) is 8.42 Å². The lowest BCUT2D eigenvalue weighted by Gasteiger charge is -2.33. The zero-order chi connectivity index (χ0) is 15.6. The molecule has 1 aliphatic rings. The number of nitrogens with two attached hydrogens (primary N) is 1. The maximum absolute atomic E-state index is 12.4. The van der Waals surface area contributed by atoms with Gasteiger partial charge in [0.2, 0.25) is 0 Å². The highest BCUT2D eigenvalue weighted by Crippen LogP contribution is 2.37. The summed E-state index contributed by atoms with van der Waals surface area (Å²) in [4.78, 5) is 0.208. The monoisotopic (exact) mass is 331 g/mol. The highest BCUT2D eigenvalue weighted by molar-refractivity contribution is 7.91. The van der Waals surface area contributed by atoms with Crippen molar-refractivity contribution in [1.29, 1.82) is 0 Å². The second-order valence-corrected chi connectivity index (χ2v) is 9.01. The van der Waals surface area contributed by atoms with Crippen molar-refractivity contribution in [2.45, 2.75) is 57.4 Å². The van der Waals surface area contributed by atoms with E-state index in [-0.39, 0.29) is 16.5 Å². The molecule has 0 amide bonds. The normalized spacial score (nSPS) is 26.7.